The van der Waals surface area contributed by atoms with Crippen LogP contribution in [-0.4, -0.2) is 22.1 Å². The lowest BCUT2D eigenvalue weighted by Gasteiger charge is -2.27. The Morgan fingerprint density at radius 3 is 2.50 bits per heavy atom. The van der Waals surface area contributed by atoms with E-state index in [1.54, 1.807) is 37.4 Å². The fraction of sp³-hybridized carbons (Fsp3) is 0.222. The molecule has 0 aliphatic carbocycles. The van der Waals surface area contributed by atoms with Gasteiger partial charge in [0.25, 0.3) is 6.43 Å². The minimum Gasteiger partial charge on any atom is -0.508 e. The fourth-order valence-corrected chi connectivity index (χ4v) is 2.64. The topological polar surface area (TPSA) is 49.2 Å². The van der Waals surface area contributed by atoms with E-state index in [2.05, 4.69) is 9.97 Å². The molecular weight excluding hydrogens is 312 g/mol. The molecule has 6 heteroatoms. The highest BCUT2D eigenvalue weighted by atomic mass is 19.3. The zero-order valence-electron chi connectivity index (χ0n) is 13.3. The van der Waals surface area contributed by atoms with Crippen molar-refractivity contribution in [2.45, 2.75) is 19.4 Å². The second-order valence-electron chi connectivity index (χ2n) is 5.61. The molecule has 2 aromatic carbocycles. The van der Waals surface area contributed by atoms with Crippen LogP contribution in [0.1, 0.15) is 30.8 Å². The van der Waals surface area contributed by atoms with Crippen LogP contribution >= 0.6 is 0 Å². The third-order valence-corrected chi connectivity index (χ3v) is 4.06. The summed E-state index contributed by atoms with van der Waals surface area (Å²) < 4.78 is 26.3. The lowest BCUT2D eigenvalue weighted by Crippen LogP contribution is -2.23. The highest BCUT2D eigenvalue weighted by Gasteiger charge is 2.20. The quantitative estimate of drug-likeness (QED) is 0.767. The molecule has 0 radical (unpaired) electrons. The van der Waals surface area contributed by atoms with Gasteiger partial charge in [0.2, 0.25) is 0 Å². The van der Waals surface area contributed by atoms with Crippen molar-refractivity contribution in [3.8, 4) is 5.75 Å². The van der Waals surface area contributed by atoms with Gasteiger partial charge >= 0.3 is 0 Å². The van der Waals surface area contributed by atoms with Crippen LogP contribution in [0.5, 0.6) is 5.75 Å². The number of para-hydroxylation sites is 1. The van der Waals surface area contributed by atoms with Crippen LogP contribution in [-0.2, 0) is 0 Å². The smallest absolute Gasteiger partial charge is 0.297 e. The van der Waals surface area contributed by atoms with E-state index < -0.39 is 12.2 Å². The Labute approximate surface area is 138 Å². The molecule has 1 heterocycles. The van der Waals surface area contributed by atoms with E-state index in [-0.39, 0.29) is 11.8 Å². The highest BCUT2D eigenvalue weighted by Crippen LogP contribution is 2.32. The lowest BCUT2D eigenvalue weighted by molar-refractivity contribution is 0.141. The Morgan fingerprint density at radius 2 is 1.79 bits per heavy atom. The van der Waals surface area contributed by atoms with Gasteiger partial charge in [0.1, 0.15) is 11.6 Å². The normalized spacial score (nSPS) is 12.5. The number of phenols is 1. The molecule has 0 amide bonds. The molecule has 0 aliphatic heterocycles. The van der Waals surface area contributed by atoms with Crippen LogP contribution in [0.25, 0.3) is 10.9 Å². The predicted octanol–water partition coefficient (Wildman–Crippen LogP) is 4.47. The molecule has 24 heavy (non-hydrogen) atoms. The molecule has 0 saturated carbocycles. The number of phenolic OH excluding ortho intramolecular Hbond substituents is 1. The highest BCUT2D eigenvalue weighted by molar-refractivity contribution is 5.89. The first kappa shape index (κ1) is 16.1. The molecular formula is C18H17F2N3O. The van der Waals surface area contributed by atoms with E-state index in [0.29, 0.717) is 16.7 Å². The molecule has 0 fully saturated rings. The maximum atomic E-state index is 13.1. The molecule has 3 rings (SSSR count). The molecule has 1 atom stereocenters. The average molecular weight is 329 g/mol. The van der Waals surface area contributed by atoms with Gasteiger partial charge in [-0.05, 0) is 36.8 Å². The van der Waals surface area contributed by atoms with Gasteiger partial charge in [0.05, 0.1) is 11.6 Å². The van der Waals surface area contributed by atoms with E-state index in [0.717, 1.165) is 5.56 Å². The summed E-state index contributed by atoms with van der Waals surface area (Å²) in [6.07, 6.45) is -2.74. The second-order valence-corrected chi connectivity index (χ2v) is 5.61. The molecule has 3 aromatic rings. The standard InChI is InChI=1S/C18H17F2N3O/c1-11(12-6-5-7-13(24)10-12)23(2)18-14-8-3-4-9-15(14)21-17(22-18)16(19)20/h3-11,16,24H,1-2H3/t11-/m0/s1. The summed E-state index contributed by atoms with van der Waals surface area (Å²) in [6.45, 7) is 1.92. The first-order chi connectivity index (χ1) is 11.5. The zero-order chi connectivity index (χ0) is 17.3. The van der Waals surface area contributed by atoms with E-state index >= 15 is 0 Å². The number of aromatic nitrogens is 2. The first-order valence-electron chi connectivity index (χ1n) is 7.54. The van der Waals surface area contributed by atoms with Crippen LogP contribution in [0.3, 0.4) is 0 Å². The number of alkyl halides is 2. The molecule has 0 spiro atoms. The summed E-state index contributed by atoms with van der Waals surface area (Å²) in [4.78, 5) is 9.82. The second kappa shape index (κ2) is 6.39. The number of anilines is 1. The van der Waals surface area contributed by atoms with Crippen molar-refractivity contribution in [1.29, 1.82) is 0 Å². The van der Waals surface area contributed by atoms with Crippen LogP contribution in [0.15, 0.2) is 48.5 Å². The minimum absolute atomic E-state index is 0.161. The van der Waals surface area contributed by atoms with E-state index in [1.165, 1.54) is 0 Å². The van der Waals surface area contributed by atoms with Crippen molar-refractivity contribution in [2.24, 2.45) is 0 Å². The molecule has 0 unspecified atom stereocenters. The van der Waals surface area contributed by atoms with Gasteiger partial charge in [-0.15, -0.1) is 0 Å². The Hall–Kier alpha value is -2.76. The molecule has 0 bridgehead atoms. The van der Waals surface area contributed by atoms with Gasteiger partial charge in [-0.25, -0.2) is 18.7 Å². The monoisotopic (exact) mass is 329 g/mol. The molecule has 0 aliphatic rings. The summed E-state index contributed by atoms with van der Waals surface area (Å²) >= 11 is 0. The Kier molecular flexibility index (Phi) is 4.29. The molecule has 124 valence electrons. The number of benzene rings is 2. The summed E-state index contributed by atoms with van der Waals surface area (Å²) in [7, 11) is 1.79. The van der Waals surface area contributed by atoms with E-state index in [1.807, 2.05) is 30.0 Å². The molecule has 1 aromatic heterocycles. The molecule has 4 nitrogen and oxygen atoms in total. The van der Waals surface area contributed by atoms with Gasteiger partial charge in [0, 0.05) is 12.4 Å². The van der Waals surface area contributed by atoms with Crippen molar-refractivity contribution in [1.82, 2.24) is 9.97 Å². The lowest BCUT2D eigenvalue weighted by atomic mass is 10.1. The van der Waals surface area contributed by atoms with E-state index in [9.17, 15) is 13.9 Å². The molecule has 0 saturated heterocycles. The van der Waals surface area contributed by atoms with Crippen LogP contribution in [0.2, 0.25) is 0 Å². The summed E-state index contributed by atoms with van der Waals surface area (Å²) in [5.41, 5.74) is 1.34. The van der Waals surface area contributed by atoms with Crippen molar-refractivity contribution in [3.05, 3.63) is 59.9 Å². The third kappa shape index (κ3) is 2.99. The number of rotatable bonds is 4. The van der Waals surface area contributed by atoms with Crippen LogP contribution in [0.4, 0.5) is 14.6 Å². The van der Waals surface area contributed by atoms with E-state index in [4.69, 9.17) is 0 Å². The van der Waals surface area contributed by atoms with Gasteiger partial charge in [-0.3, -0.25) is 0 Å². The Bertz CT molecular complexity index is 870. The van der Waals surface area contributed by atoms with Gasteiger partial charge in [0.15, 0.2) is 5.82 Å². The van der Waals surface area contributed by atoms with Gasteiger partial charge in [-0.2, -0.15) is 0 Å². The summed E-state index contributed by atoms with van der Waals surface area (Å²) in [5.74, 6) is 0.110. The average Bonchev–Trinajstić information content (AvgIpc) is 2.59. The third-order valence-electron chi connectivity index (χ3n) is 4.06. The predicted molar refractivity (Wildman–Crippen MR) is 89.4 cm³/mol. The number of halogens is 2. The number of hydrogen-bond acceptors (Lipinski definition) is 4. The van der Waals surface area contributed by atoms with Crippen LogP contribution < -0.4 is 4.90 Å². The van der Waals surface area contributed by atoms with Crippen molar-refractivity contribution >= 4 is 16.7 Å². The minimum atomic E-state index is -2.74. The molecule has 1 N–H and O–H groups in total. The zero-order valence-corrected chi connectivity index (χ0v) is 13.3. The Morgan fingerprint density at radius 1 is 1.04 bits per heavy atom. The SMILES string of the molecule is C[C@@H](c1cccc(O)c1)N(C)c1nc(C(F)F)nc2ccccc12. The van der Waals surface area contributed by atoms with Gasteiger partial charge in [-0.1, -0.05) is 24.3 Å². The Balaban J connectivity index is 2.10. The number of hydrogen-bond donors (Lipinski definition) is 1. The summed E-state index contributed by atoms with van der Waals surface area (Å²) in [6, 6.07) is 13.8. The maximum absolute atomic E-state index is 13.1. The first-order valence-corrected chi connectivity index (χ1v) is 7.54. The summed E-state index contributed by atoms with van der Waals surface area (Å²) in [5, 5.41) is 10.4. The van der Waals surface area contributed by atoms with Crippen molar-refractivity contribution in [3.63, 3.8) is 0 Å². The van der Waals surface area contributed by atoms with Gasteiger partial charge < -0.3 is 10.0 Å². The van der Waals surface area contributed by atoms with Crippen molar-refractivity contribution < 1.29 is 13.9 Å². The fourth-order valence-electron chi connectivity index (χ4n) is 2.64. The van der Waals surface area contributed by atoms with Crippen LogP contribution in [0, 0.1) is 0 Å². The van der Waals surface area contributed by atoms with Crippen molar-refractivity contribution in [2.75, 3.05) is 11.9 Å². The number of fused-ring (bicyclic) bond motifs is 1. The number of aromatic hydroxyl groups is 1. The maximum Gasteiger partial charge on any atom is 0.297 e. The largest absolute Gasteiger partial charge is 0.508 e. The number of nitrogens with zero attached hydrogens (tertiary/aromatic N) is 3.